The minimum atomic E-state index is -3.76. The number of aliphatic carboxylic acids is 1. The van der Waals surface area contributed by atoms with E-state index in [4.69, 9.17) is 0 Å². The summed E-state index contributed by atoms with van der Waals surface area (Å²) >= 11 is 0. The summed E-state index contributed by atoms with van der Waals surface area (Å²) in [4.78, 5) is 11.4. The molecule has 8 heteroatoms. The average molecular weight is 416 g/mol. The van der Waals surface area contributed by atoms with E-state index in [1.54, 1.807) is 7.05 Å². The Morgan fingerprint density at radius 1 is 1.24 bits per heavy atom. The fraction of sp³-hybridized carbons (Fsp3) is 0.286. The lowest BCUT2D eigenvalue weighted by molar-refractivity contribution is -0.136. The summed E-state index contributed by atoms with van der Waals surface area (Å²) in [5, 5.41) is 9.32. The van der Waals surface area contributed by atoms with Crippen molar-refractivity contribution in [3.63, 3.8) is 0 Å². The number of sulfonamides is 1. The molecule has 0 spiro atoms. The molecule has 0 aliphatic heterocycles. The van der Waals surface area contributed by atoms with Crippen LogP contribution in [0.2, 0.25) is 0 Å². The molecule has 0 radical (unpaired) electrons. The Hall–Kier alpha value is -2.71. The Kier molecular flexibility index (Phi) is 4.92. The molecule has 0 fully saturated rings. The van der Waals surface area contributed by atoms with Crippen LogP contribution >= 0.6 is 0 Å². The third kappa shape index (κ3) is 3.42. The Balaban J connectivity index is 1.70. The summed E-state index contributed by atoms with van der Waals surface area (Å²) in [7, 11) is -2.22. The number of carboxylic acid groups (broad SMARTS) is 1. The van der Waals surface area contributed by atoms with Crippen LogP contribution in [-0.2, 0) is 34.1 Å². The van der Waals surface area contributed by atoms with E-state index in [1.165, 1.54) is 16.4 Å². The van der Waals surface area contributed by atoms with Crippen molar-refractivity contribution in [3.8, 4) is 0 Å². The van der Waals surface area contributed by atoms with Gasteiger partial charge in [0.05, 0.1) is 11.3 Å². The van der Waals surface area contributed by atoms with Gasteiger partial charge in [0.15, 0.2) is 0 Å². The van der Waals surface area contributed by atoms with Crippen LogP contribution in [0, 0.1) is 5.82 Å². The number of likely N-dealkylation sites (N-methyl/N-ethyl adjacent to an activating group) is 1. The zero-order valence-corrected chi connectivity index (χ0v) is 16.7. The van der Waals surface area contributed by atoms with E-state index in [0.29, 0.717) is 19.3 Å². The fourth-order valence-corrected chi connectivity index (χ4v) is 5.56. The molecule has 6 nitrogen and oxygen atoms in total. The first-order valence-electron chi connectivity index (χ1n) is 9.34. The Bertz CT molecular complexity index is 1190. The van der Waals surface area contributed by atoms with Gasteiger partial charge >= 0.3 is 5.97 Å². The lowest BCUT2D eigenvalue weighted by Crippen LogP contribution is -2.40. The number of fused-ring (bicyclic) bond motifs is 3. The standard InChI is InChI=1S/C21H21FN2O4S/c1-23(29(27,28)16-8-5-14(22)6-9-16)15-7-10-17-18(13-21(25)26)19-4-2-3-11-24(19)20(17)12-15/h2-6,8-9,11,15H,7,10,12-13H2,1H3,(H,25,26)/t15-/m0/s1. The Morgan fingerprint density at radius 3 is 2.66 bits per heavy atom. The quantitative estimate of drug-likeness (QED) is 0.694. The lowest BCUT2D eigenvalue weighted by Gasteiger charge is -2.31. The molecular weight excluding hydrogens is 395 g/mol. The molecule has 1 aromatic carbocycles. The highest BCUT2D eigenvalue weighted by molar-refractivity contribution is 7.89. The molecule has 0 saturated carbocycles. The number of aromatic nitrogens is 1. The van der Waals surface area contributed by atoms with Gasteiger partial charge in [-0.2, -0.15) is 4.31 Å². The summed E-state index contributed by atoms with van der Waals surface area (Å²) in [5.41, 5.74) is 3.61. The van der Waals surface area contributed by atoms with Gasteiger partial charge in [0, 0.05) is 36.9 Å². The Morgan fingerprint density at radius 2 is 1.97 bits per heavy atom. The number of hydrogen-bond donors (Lipinski definition) is 1. The van der Waals surface area contributed by atoms with Crippen molar-refractivity contribution in [1.82, 2.24) is 8.71 Å². The summed E-state index contributed by atoms with van der Waals surface area (Å²) in [6, 6.07) is 10.2. The second kappa shape index (κ2) is 7.27. The van der Waals surface area contributed by atoms with E-state index in [-0.39, 0.29) is 17.4 Å². The van der Waals surface area contributed by atoms with Gasteiger partial charge in [-0.1, -0.05) is 6.07 Å². The SMILES string of the molecule is CN([C@H]1CCc2c(CC(=O)O)c3ccccn3c2C1)S(=O)(=O)c1ccc(F)cc1. The molecule has 1 aliphatic rings. The van der Waals surface area contributed by atoms with Gasteiger partial charge in [0.2, 0.25) is 10.0 Å². The highest BCUT2D eigenvalue weighted by Gasteiger charge is 2.33. The van der Waals surface area contributed by atoms with Crippen molar-refractivity contribution < 1.29 is 22.7 Å². The van der Waals surface area contributed by atoms with Gasteiger partial charge in [-0.15, -0.1) is 0 Å². The number of halogens is 1. The molecule has 0 amide bonds. The highest BCUT2D eigenvalue weighted by Crippen LogP contribution is 2.33. The van der Waals surface area contributed by atoms with Crippen LogP contribution in [0.15, 0.2) is 53.6 Å². The van der Waals surface area contributed by atoms with Crippen LogP contribution in [0.3, 0.4) is 0 Å². The second-order valence-electron chi connectivity index (χ2n) is 7.30. The predicted octanol–water partition coefficient (Wildman–Crippen LogP) is 2.88. The average Bonchev–Trinajstić information content (AvgIpc) is 3.00. The molecule has 2 aromatic heterocycles. The van der Waals surface area contributed by atoms with Crippen LogP contribution in [-0.4, -0.2) is 41.3 Å². The van der Waals surface area contributed by atoms with E-state index in [2.05, 4.69) is 0 Å². The number of benzene rings is 1. The molecule has 1 N–H and O–H groups in total. The third-order valence-corrected chi connectivity index (χ3v) is 7.59. The van der Waals surface area contributed by atoms with Crippen LogP contribution in [0.4, 0.5) is 4.39 Å². The molecule has 3 aromatic rings. The first-order valence-corrected chi connectivity index (χ1v) is 10.8. The van der Waals surface area contributed by atoms with Crippen LogP contribution in [0.1, 0.15) is 23.2 Å². The van der Waals surface area contributed by atoms with E-state index < -0.39 is 21.8 Å². The maximum Gasteiger partial charge on any atom is 0.307 e. The lowest BCUT2D eigenvalue weighted by atomic mass is 9.90. The molecular formula is C21H21FN2O4S. The van der Waals surface area contributed by atoms with Crippen molar-refractivity contribution in [2.45, 2.75) is 36.6 Å². The highest BCUT2D eigenvalue weighted by atomic mass is 32.2. The molecule has 0 saturated heterocycles. The van der Waals surface area contributed by atoms with E-state index in [9.17, 15) is 22.7 Å². The molecule has 2 heterocycles. The maximum atomic E-state index is 13.2. The molecule has 29 heavy (non-hydrogen) atoms. The topological polar surface area (TPSA) is 79.1 Å². The first-order chi connectivity index (χ1) is 13.8. The van der Waals surface area contributed by atoms with Crippen molar-refractivity contribution in [2.24, 2.45) is 0 Å². The zero-order valence-electron chi connectivity index (χ0n) is 15.9. The monoisotopic (exact) mass is 416 g/mol. The number of nitrogens with zero attached hydrogens (tertiary/aromatic N) is 2. The predicted molar refractivity (Wildman–Crippen MR) is 106 cm³/mol. The second-order valence-corrected chi connectivity index (χ2v) is 9.30. The van der Waals surface area contributed by atoms with Gasteiger partial charge in [-0.3, -0.25) is 4.79 Å². The minimum Gasteiger partial charge on any atom is -0.481 e. The van der Waals surface area contributed by atoms with Gasteiger partial charge in [-0.25, -0.2) is 12.8 Å². The number of rotatable bonds is 5. The van der Waals surface area contributed by atoms with Crippen molar-refractivity contribution in [1.29, 1.82) is 0 Å². The van der Waals surface area contributed by atoms with Crippen molar-refractivity contribution in [2.75, 3.05) is 7.05 Å². The van der Waals surface area contributed by atoms with Crippen molar-refractivity contribution in [3.05, 3.63) is 71.3 Å². The molecule has 152 valence electrons. The van der Waals surface area contributed by atoms with E-state index >= 15 is 0 Å². The molecule has 1 aliphatic carbocycles. The van der Waals surface area contributed by atoms with Crippen LogP contribution < -0.4 is 0 Å². The number of hydrogen-bond acceptors (Lipinski definition) is 3. The molecule has 1 atom stereocenters. The van der Waals surface area contributed by atoms with Crippen LogP contribution in [0.5, 0.6) is 0 Å². The van der Waals surface area contributed by atoms with Crippen molar-refractivity contribution >= 4 is 21.5 Å². The first kappa shape index (κ1) is 19.6. The largest absolute Gasteiger partial charge is 0.481 e. The third-order valence-electron chi connectivity index (χ3n) is 5.66. The number of carboxylic acids is 1. The Labute approximate surface area is 168 Å². The normalized spacial score (nSPS) is 16.9. The number of carbonyl (C=O) groups is 1. The summed E-state index contributed by atoms with van der Waals surface area (Å²) in [5.74, 6) is -1.37. The minimum absolute atomic E-state index is 0.0544. The van der Waals surface area contributed by atoms with E-state index in [0.717, 1.165) is 34.5 Å². The molecule has 0 bridgehead atoms. The summed E-state index contributed by atoms with van der Waals surface area (Å²) in [6.45, 7) is 0. The van der Waals surface area contributed by atoms with Gasteiger partial charge in [0.25, 0.3) is 0 Å². The summed E-state index contributed by atoms with van der Waals surface area (Å²) in [6.07, 6.45) is 3.51. The van der Waals surface area contributed by atoms with Crippen LogP contribution in [0.25, 0.3) is 5.52 Å². The van der Waals surface area contributed by atoms with Gasteiger partial charge in [0.1, 0.15) is 5.82 Å². The maximum absolute atomic E-state index is 13.2. The molecule has 4 rings (SSSR count). The van der Waals surface area contributed by atoms with Gasteiger partial charge in [-0.05, 0) is 60.4 Å². The van der Waals surface area contributed by atoms with E-state index in [1.807, 2.05) is 28.8 Å². The molecule has 0 unspecified atom stereocenters. The van der Waals surface area contributed by atoms with Gasteiger partial charge < -0.3 is 9.51 Å². The fourth-order valence-electron chi connectivity index (χ4n) is 4.18. The smallest absolute Gasteiger partial charge is 0.307 e. The zero-order chi connectivity index (χ0) is 20.8. The summed E-state index contributed by atoms with van der Waals surface area (Å²) < 4.78 is 42.5. The number of pyridine rings is 1.